The minimum Gasteiger partial charge on any atom is -0.366 e. The molecule has 1 aromatic rings. The van der Waals surface area contributed by atoms with E-state index in [0.29, 0.717) is 12.0 Å². The number of benzene rings is 1. The normalized spacial score (nSPS) is 10.0. The number of alkyl halides is 1. The van der Waals surface area contributed by atoms with Gasteiger partial charge in [0.25, 0.3) is 0 Å². The number of carbonyl (C=O) groups excluding carboxylic acids is 1. The van der Waals surface area contributed by atoms with E-state index >= 15 is 0 Å². The van der Waals surface area contributed by atoms with E-state index < -0.39 is 5.91 Å². The molecule has 13 heavy (non-hydrogen) atoms. The molecule has 0 aliphatic heterocycles. The van der Waals surface area contributed by atoms with E-state index in [-0.39, 0.29) is 6.67 Å². The Morgan fingerprint density at radius 2 is 2.23 bits per heavy atom. The minimum atomic E-state index is -0.449. The lowest BCUT2D eigenvalue weighted by molar-refractivity contribution is 0.1000. The van der Waals surface area contributed by atoms with Crippen LogP contribution in [0.1, 0.15) is 21.5 Å². The van der Waals surface area contributed by atoms with Crippen molar-refractivity contribution >= 4 is 5.91 Å². The molecule has 3 heteroatoms. The number of hydrogen-bond acceptors (Lipinski definition) is 1. The molecular formula is C10H12FNO. The van der Waals surface area contributed by atoms with Gasteiger partial charge in [-0.25, -0.2) is 0 Å². The average Bonchev–Trinajstić information content (AvgIpc) is 2.08. The van der Waals surface area contributed by atoms with E-state index in [0.717, 1.165) is 11.1 Å². The Hall–Kier alpha value is -1.38. The number of carbonyl (C=O) groups is 1. The molecule has 1 aromatic carbocycles. The van der Waals surface area contributed by atoms with Crippen LogP contribution in [0.5, 0.6) is 0 Å². The summed E-state index contributed by atoms with van der Waals surface area (Å²) in [6.07, 6.45) is 0.394. The van der Waals surface area contributed by atoms with Gasteiger partial charge in [0.05, 0.1) is 6.67 Å². The fraction of sp³-hybridized carbons (Fsp3) is 0.300. The van der Waals surface area contributed by atoms with Gasteiger partial charge in [0, 0.05) is 12.0 Å². The number of aryl methyl sites for hydroxylation is 2. The highest BCUT2D eigenvalue weighted by Gasteiger charge is 2.03. The topological polar surface area (TPSA) is 43.1 Å². The molecule has 1 rings (SSSR count). The SMILES string of the molecule is Cc1cc(C(N)=O)ccc1CCF. The second kappa shape index (κ2) is 4.03. The lowest BCUT2D eigenvalue weighted by Gasteiger charge is -2.04. The van der Waals surface area contributed by atoms with E-state index in [4.69, 9.17) is 5.73 Å². The van der Waals surface area contributed by atoms with Crippen molar-refractivity contribution in [3.05, 3.63) is 34.9 Å². The Morgan fingerprint density at radius 1 is 1.54 bits per heavy atom. The predicted octanol–water partition coefficient (Wildman–Crippen LogP) is 1.61. The van der Waals surface area contributed by atoms with Gasteiger partial charge in [-0.3, -0.25) is 9.18 Å². The van der Waals surface area contributed by atoms with Gasteiger partial charge in [-0.05, 0) is 30.2 Å². The average molecular weight is 181 g/mol. The molecule has 0 spiro atoms. The smallest absolute Gasteiger partial charge is 0.248 e. The van der Waals surface area contributed by atoms with Crippen LogP contribution in [-0.2, 0) is 6.42 Å². The number of nitrogens with two attached hydrogens (primary N) is 1. The molecule has 0 heterocycles. The van der Waals surface area contributed by atoms with Crippen molar-refractivity contribution in [1.29, 1.82) is 0 Å². The first-order valence-corrected chi connectivity index (χ1v) is 4.10. The molecule has 0 aliphatic carbocycles. The quantitative estimate of drug-likeness (QED) is 0.756. The van der Waals surface area contributed by atoms with Crippen LogP contribution in [-0.4, -0.2) is 12.6 Å². The fourth-order valence-corrected chi connectivity index (χ4v) is 1.23. The molecular weight excluding hydrogens is 169 g/mol. The van der Waals surface area contributed by atoms with E-state index in [9.17, 15) is 9.18 Å². The van der Waals surface area contributed by atoms with Crippen LogP contribution in [0.25, 0.3) is 0 Å². The number of primary amides is 1. The molecule has 0 aliphatic rings. The minimum absolute atomic E-state index is 0.378. The fourth-order valence-electron chi connectivity index (χ4n) is 1.23. The van der Waals surface area contributed by atoms with Crippen molar-refractivity contribution < 1.29 is 9.18 Å². The van der Waals surface area contributed by atoms with Gasteiger partial charge in [-0.1, -0.05) is 6.07 Å². The molecule has 2 nitrogen and oxygen atoms in total. The molecule has 0 aromatic heterocycles. The van der Waals surface area contributed by atoms with Crippen LogP contribution in [0.15, 0.2) is 18.2 Å². The number of hydrogen-bond donors (Lipinski definition) is 1. The van der Waals surface area contributed by atoms with Gasteiger partial charge in [-0.2, -0.15) is 0 Å². The highest BCUT2D eigenvalue weighted by atomic mass is 19.1. The van der Waals surface area contributed by atoms with Crippen LogP contribution >= 0.6 is 0 Å². The van der Waals surface area contributed by atoms with Crippen molar-refractivity contribution in [2.24, 2.45) is 5.73 Å². The van der Waals surface area contributed by atoms with Crippen molar-refractivity contribution in [1.82, 2.24) is 0 Å². The van der Waals surface area contributed by atoms with Gasteiger partial charge in [-0.15, -0.1) is 0 Å². The number of halogens is 1. The van der Waals surface area contributed by atoms with Crippen LogP contribution < -0.4 is 5.73 Å². The lowest BCUT2D eigenvalue weighted by atomic mass is 10.0. The lowest BCUT2D eigenvalue weighted by Crippen LogP contribution is -2.11. The maximum absolute atomic E-state index is 12.0. The first-order valence-electron chi connectivity index (χ1n) is 4.10. The molecule has 0 fully saturated rings. The Labute approximate surface area is 76.6 Å². The monoisotopic (exact) mass is 181 g/mol. The van der Waals surface area contributed by atoms with Gasteiger partial charge < -0.3 is 5.73 Å². The van der Waals surface area contributed by atoms with E-state index in [2.05, 4.69) is 0 Å². The largest absolute Gasteiger partial charge is 0.366 e. The third-order valence-electron chi connectivity index (χ3n) is 1.99. The van der Waals surface area contributed by atoms with Crippen LogP contribution in [0, 0.1) is 6.92 Å². The Bertz CT molecular complexity index is 323. The molecule has 1 amide bonds. The molecule has 70 valence electrons. The summed E-state index contributed by atoms with van der Waals surface area (Å²) in [7, 11) is 0. The molecule has 0 saturated carbocycles. The maximum atomic E-state index is 12.0. The van der Waals surface area contributed by atoms with Gasteiger partial charge >= 0.3 is 0 Å². The van der Waals surface area contributed by atoms with Crippen LogP contribution in [0.2, 0.25) is 0 Å². The summed E-state index contributed by atoms with van der Waals surface area (Å²) in [5.41, 5.74) is 7.40. The maximum Gasteiger partial charge on any atom is 0.248 e. The zero-order valence-electron chi connectivity index (χ0n) is 7.51. The highest BCUT2D eigenvalue weighted by Crippen LogP contribution is 2.11. The van der Waals surface area contributed by atoms with E-state index in [1.165, 1.54) is 0 Å². The summed E-state index contributed by atoms with van der Waals surface area (Å²) in [5, 5.41) is 0. The van der Waals surface area contributed by atoms with Gasteiger partial charge in [0.2, 0.25) is 5.91 Å². The van der Waals surface area contributed by atoms with Crippen molar-refractivity contribution in [3.63, 3.8) is 0 Å². The Morgan fingerprint density at radius 3 is 2.69 bits per heavy atom. The van der Waals surface area contributed by atoms with Crippen LogP contribution in [0.3, 0.4) is 0 Å². The van der Waals surface area contributed by atoms with Gasteiger partial charge in [0.1, 0.15) is 0 Å². The molecule has 2 N–H and O–H groups in total. The predicted molar refractivity (Wildman–Crippen MR) is 49.4 cm³/mol. The van der Waals surface area contributed by atoms with E-state index in [1.807, 2.05) is 6.92 Å². The van der Waals surface area contributed by atoms with Crippen LogP contribution in [0.4, 0.5) is 4.39 Å². The molecule has 0 unspecified atom stereocenters. The summed E-state index contributed by atoms with van der Waals surface area (Å²) >= 11 is 0. The number of rotatable bonds is 3. The Kier molecular flexibility index (Phi) is 3.01. The zero-order valence-corrected chi connectivity index (χ0v) is 7.51. The van der Waals surface area contributed by atoms with Crippen molar-refractivity contribution in [2.45, 2.75) is 13.3 Å². The summed E-state index contributed by atoms with van der Waals surface area (Å²) in [4.78, 5) is 10.8. The van der Waals surface area contributed by atoms with E-state index in [1.54, 1.807) is 18.2 Å². The summed E-state index contributed by atoms with van der Waals surface area (Å²) < 4.78 is 12.0. The summed E-state index contributed by atoms with van der Waals surface area (Å²) in [6, 6.07) is 5.06. The molecule has 0 bridgehead atoms. The molecule has 0 atom stereocenters. The van der Waals surface area contributed by atoms with Gasteiger partial charge in [0.15, 0.2) is 0 Å². The third kappa shape index (κ3) is 2.28. The third-order valence-corrected chi connectivity index (χ3v) is 1.99. The zero-order chi connectivity index (χ0) is 9.84. The van der Waals surface area contributed by atoms with Crippen molar-refractivity contribution in [2.75, 3.05) is 6.67 Å². The number of amides is 1. The second-order valence-corrected chi connectivity index (χ2v) is 2.94. The molecule has 0 saturated heterocycles. The summed E-state index contributed by atoms with van der Waals surface area (Å²) in [6.45, 7) is 1.47. The first kappa shape index (κ1) is 9.71. The standard InChI is InChI=1S/C10H12FNO/c1-7-6-9(10(12)13)3-2-8(7)4-5-11/h2-3,6H,4-5H2,1H3,(H2,12,13). The first-order chi connectivity index (χ1) is 6.15. The second-order valence-electron chi connectivity index (χ2n) is 2.94. The summed E-state index contributed by atoms with van der Waals surface area (Å²) in [5.74, 6) is -0.449. The van der Waals surface area contributed by atoms with Crippen molar-refractivity contribution in [3.8, 4) is 0 Å². The highest BCUT2D eigenvalue weighted by molar-refractivity contribution is 5.93. The Balaban J connectivity index is 2.98. The molecule has 0 radical (unpaired) electrons.